The molecule has 0 spiro atoms. The van der Waals surface area contributed by atoms with Crippen LogP contribution < -0.4 is 5.32 Å². The van der Waals surface area contributed by atoms with Gasteiger partial charge in [-0.05, 0) is 18.6 Å². The zero-order valence-corrected chi connectivity index (χ0v) is 11.6. The Morgan fingerprint density at radius 1 is 1.47 bits per heavy atom. The van der Waals surface area contributed by atoms with E-state index in [1.54, 1.807) is 31.5 Å². The fraction of sp³-hybridized carbons (Fsp3) is 0.308. The number of rotatable bonds is 4. The topological polar surface area (TPSA) is 68.0 Å². The summed E-state index contributed by atoms with van der Waals surface area (Å²) in [5, 5.41) is 3.42. The maximum Gasteiger partial charge on any atom is 0.251 e. The van der Waals surface area contributed by atoms with Crippen molar-refractivity contribution < 1.29 is 9.21 Å². The maximum absolute atomic E-state index is 12.1. The maximum atomic E-state index is 12.1. The molecule has 0 saturated carbocycles. The van der Waals surface area contributed by atoms with Gasteiger partial charge in [0.05, 0.1) is 6.04 Å². The fourth-order valence-electron chi connectivity index (χ4n) is 1.76. The number of oxazole rings is 1. The van der Waals surface area contributed by atoms with Crippen LogP contribution in [0.15, 0.2) is 34.0 Å². The van der Waals surface area contributed by atoms with Gasteiger partial charge < -0.3 is 9.73 Å². The van der Waals surface area contributed by atoms with Crippen LogP contribution in [-0.4, -0.2) is 15.9 Å². The largest absolute Gasteiger partial charge is 0.443 e. The molecule has 0 unspecified atom stereocenters. The van der Waals surface area contributed by atoms with Gasteiger partial charge in [-0.1, -0.05) is 6.92 Å². The lowest BCUT2D eigenvalue weighted by Gasteiger charge is -2.14. The third-order valence-electron chi connectivity index (χ3n) is 2.71. The molecule has 2 aromatic rings. The second-order valence-electron chi connectivity index (χ2n) is 4.09. The highest BCUT2D eigenvalue weighted by molar-refractivity contribution is 7.80. The van der Waals surface area contributed by atoms with Crippen molar-refractivity contribution in [1.29, 1.82) is 0 Å². The van der Waals surface area contributed by atoms with E-state index in [-0.39, 0.29) is 11.9 Å². The van der Waals surface area contributed by atoms with Crippen molar-refractivity contribution >= 4 is 18.5 Å². The van der Waals surface area contributed by atoms with Crippen molar-refractivity contribution in [3.8, 4) is 0 Å². The number of carbonyl (C=O) groups is 1. The summed E-state index contributed by atoms with van der Waals surface area (Å²) in [5.74, 6) is 0.957. The molecule has 0 radical (unpaired) electrons. The third-order valence-corrected chi connectivity index (χ3v) is 3.03. The van der Waals surface area contributed by atoms with Crippen LogP contribution in [0.4, 0.5) is 0 Å². The van der Waals surface area contributed by atoms with Crippen molar-refractivity contribution in [2.24, 2.45) is 0 Å². The molecular formula is C13H15N3O2S. The second-order valence-corrected chi connectivity index (χ2v) is 4.51. The predicted octanol–water partition coefficient (Wildman–Crippen LogP) is 2.55. The lowest BCUT2D eigenvalue weighted by molar-refractivity contribution is 0.0929. The van der Waals surface area contributed by atoms with Crippen LogP contribution in [0.3, 0.4) is 0 Å². The van der Waals surface area contributed by atoms with Crippen molar-refractivity contribution in [3.63, 3.8) is 0 Å². The molecular weight excluding hydrogens is 262 g/mol. The van der Waals surface area contributed by atoms with Crippen LogP contribution in [0, 0.1) is 6.92 Å². The van der Waals surface area contributed by atoms with Crippen LogP contribution in [0.2, 0.25) is 0 Å². The zero-order valence-electron chi connectivity index (χ0n) is 10.8. The van der Waals surface area contributed by atoms with Crippen molar-refractivity contribution in [3.05, 3.63) is 41.7 Å². The molecule has 2 aromatic heterocycles. The molecule has 0 aliphatic rings. The summed E-state index contributed by atoms with van der Waals surface area (Å²) in [6.07, 6.45) is 3.86. The summed E-state index contributed by atoms with van der Waals surface area (Å²) in [5.41, 5.74) is 0.561. The Morgan fingerprint density at radius 3 is 2.68 bits per heavy atom. The molecule has 2 rings (SSSR count). The number of carbonyl (C=O) groups excluding carboxylic acids is 1. The number of thiol groups is 1. The molecule has 0 aliphatic carbocycles. The SMILES string of the molecule is CC[C@H](NC(=O)c1ccncc1)c1oc(C)nc1S. The Balaban J connectivity index is 2.16. The molecule has 0 aliphatic heterocycles. The summed E-state index contributed by atoms with van der Waals surface area (Å²) in [6, 6.07) is 3.08. The minimum atomic E-state index is -0.241. The van der Waals surface area contributed by atoms with Crippen molar-refractivity contribution in [2.45, 2.75) is 31.3 Å². The van der Waals surface area contributed by atoms with Crippen LogP contribution in [0.1, 0.15) is 41.4 Å². The number of aryl methyl sites for hydroxylation is 1. The first-order valence-electron chi connectivity index (χ1n) is 5.99. The Morgan fingerprint density at radius 2 is 2.16 bits per heavy atom. The van der Waals surface area contributed by atoms with Gasteiger partial charge in [0, 0.05) is 24.9 Å². The van der Waals surface area contributed by atoms with Gasteiger partial charge in [-0.3, -0.25) is 9.78 Å². The minimum absolute atomic E-state index is 0.170. The van der Waals surface area contributed by atoms with Crippen molar-refractivity contribution in [1.82, 2.24) is 15.3 Å². The van der Waals surface area contributed by atoms with E-state index in [1.807, 2.05) is 6.92 Å². The average molecular weight is 277 g/mol. The molecule has 0 bridgehead atoms. The highest BCUT2D eigenvalue weighted by Crippen LogP contribution is 2.24. The first-order chi connectivity index (χ1) is 9.11. The van der Waals surface area contributed by atoms with E-state index in [9.17, 15) is 4.79 Å². The minimum Gasteiger partial charge on any atom is -0.443 e. The molecule has 1 atom stereocenters. The molecule has 5 nitrogen and oxygen atoms in total. The number of amides is 1. The summed E-state index contributed by atoms with van der Waals surface area (Å²) >= 11 is 4.26. The van der Waals surface area contributed by atoms with Gasteiger partial charge in [0.25, 0.3) is 5.91 Å². The Hall–Kier alpha value is -1.82. The van der Waals surface area contributed by atoms with E-state index in [4.69, 9.17) is 4.42 Å². The molecule has 2 heterocycles. The molecule has 100 valence electrons. The van der Waals surface area contributed by atoms with Gasteiger partial charge in [-0.15, -0.1) is 12.6 Å². The first-order valence-corrected chi connectivity index (χ1v) is 6.43. The number of hydrogen-bond donors (Lipinski definition) is 2. The van der Waals surface area contributed by atoms with Gasteiger partial charge in [0.2, 0.25) is 0 Å². The Labute approximate surface area is 116 Å². The quantitative estimate of drug-likeness (QED) is 0.843. The number of nitrogens with zero attached hydrogens (tertiary/aromatic N) is 2. The van der Waals surface area contributed by atoms with Gasteiger partial charge in [0.15, 0.2) is 11.7 Å². The number of pyridine rings is 1. The van der Waals surface area contributed by atoms with Gasteiger partial charge in [0.1, 0.15) is 5.03 Å². The molecule has 0 fully saturated rings. The molecule has 0 aromatic carbocycles. The molecule has 1 N–H and O–H groups in total. The predicted molar refractivity (Wildman–Crippen MR) is 73.2 cm³/mol. The van der Waals surface area contributed by atoms with E-state index in [0.29, 0.717) is 28.7 Å². The summed E-state index contributed by atoms with van der Waals surface area (Å²) in [7, 11) is 0. The highest BCUT2D eigenvalue weighted by Gasteiger charge is 2.20. The smallest absolute Gasteiger partial charge is 0.251 e. The third kappa shape index (κ3) is 3.14. The van der Waals surface area contributed by atoms with Gasteiger partial charge in [-0.25, -0.2) is 4.98 Å². The number of aromatic nitrogens is 2. The zero-order chi connectivity index (χ0) is 13.8. The Kier molecular flexibility index (Phi) is 4.21. The van der Waals surface area contributed by atoms with E-state index >= 15 is 0 Å². The van der Waals surface area contributed by atoms with Crippen LogP contribution in [-0.2, 0) is 0 Å². The first kappa shape index (κ1) is 13.6. The van der Waals surface area contributed by atoms with Crippen LogP contribution in [0.5, 0.6) is 0 Å². The van der Waals surface area contributed by atoms with Crippen LogP contribution >= 0.6 is 12.6 Å². The lowest BCUT2D eigenvalue weighted by atomic mass is 10.1. The summed E-state index contributed by atoms with van der Waals surface area (Å²) < 4.78 is 5.49. The van der Waals surface area contributed by atoms with Gasteiger partial charge in [-0.2, -0.15) is 0 Å². The van der Waals surface area contributed by atoms with E-state index < -0.39 is 0 Å². The second kappa shape index (κ2) is 5.88. The molecule has 1 amide bonds. The normalized spacial score (nSPS) is 12.2. The average Bonchev–Trinajstić information content (AvgIpc) is 2.75. The fourth-order valence-corrected chi connectivity index (χ4v) is 2.10. The lowest BCUT2D eigenvalue weighted by Crippen LogP contribution is -2.28. The number of nitrogens with one attached hydrogen (secondary N) is 1. The van der Waals surface area contributed by atoms with Gasteiger partial charge >= 0.3 is 0 Å². The van der Waals surface area contributed by atoms with E-state index in [1.165, 1.54) is 0 Å². The number of hydrogen-bond acceptors (Lipinski definition) is 5. The highest BCUT2D eigenvalue weighted by atomic mass is 32.1. The summed E-state index contributed by atoms with van der Waals surface area (Å²) in [6.45, 7) is 3.71. The van der Waals surface area contributed by atoms with Crippen molar-refractivity contribution in [2.75, 3.05) is 0 Å². The van der Waals surface area contributed by atoms with E-state index in [0.717, 1.165) is 0 Å². The molecule has 0 saturated heterocycles. The Bertz CT molecular complexity index is 569. The summed E-state index contributed by atoms with van der Waals surface area (Å²) in [4.78, 5) is 20.1. The van der Waals surface area contributed by atoms with E-state index in [2.05, 4.69) is 27.9 Å². The van der Waals surface area contributed by atoms with Crippen LogP contribution in [0.25, 0.3) is 0 Å². The molecule has 6 heteroatoms. The molecule has 19 heavy (non-hydrogen) atoms. The standard InChI is InChI=1S/C13H15N3O2S/c1-3-10(11-13(19)15-8(2)18-11)16-12(17)9-4-6-14-7-5-9/h4-7,10,19H,3H2,1-2H3,(H,16,17)/t10-/m0/s1. The monoisotopic (exact) mass is 277 g/mol.